The Kier molecular flexibility index (Phi) is 3.51. The standard InChI is InChI=1S/C19H16N2O3S/c20-19(22)18-12-15-7-3-4-8-17(15)21(18)25(23,24)16-10-9-13-5-1-2-6-14(13)11-16/h1-11,18H,12H2,(H2,20,22)/t18-/m0/s1. The Morgan fingerprint density at radius 3 is 2.40 bits per heavy atom. The first-order chi connectivity index (χ1) is 12.0. The van der Waals surface area contributed by atoms with Crippen LogP contribution in [0.5, 0.6) is 0 Å². The van der Waals surface area contributed by atoms with Gasteiger partial charge in [-0.15, -0.1) is 0 Å². The topological polar surface area (TPSA) is 80.5 Å². The quantitative estimate of drug-likeness (QED) is 0.786. The van der Waals surface area contributed by atoms with E-state index in [0.717, 1.165) is 20.6 Å². The van der Waals surface area contributed by atoms with Gasteiger partial charge in [0.25, 0.3) is 10.0 Å². The maximum atomic E-state index is 13.3. The number of amides is 1. The van der Waals surface area contributed by atoms with E-state index in [-0.39, 0.29) is 11.3 Å². The number of carbonyl (C=O) groups excluding carboxylic acids is 1. The van der Waals surface area contributed by atoms with Crippen molar-refractivity contribution < 1.29 is 13.2 Å². The fraction of sp³-hybridized carbons (Fsp3) is 0.105. The lowest BCUT2D eigenvalue weighted by atomic mass is 10.1. The molecule has 3 aromatic rings. The van der Waals surface area contributed by atoms with Crippen molar-refractivity contribution >= 4 is 32.4 Å². The highest BCUT2D eigenvalue weighted by Gasteiger charge is 2.41. The lowest BCUT2D eigenvalue weighted by Gasteiger charge is -2.25. The van der Waals surface area contributed by atoms with Crippen LogP contribution >= 0.6 is 0 Å². The van der Waals surface area contributed by atoms with E-state index < -0.39 is 22.0 Å². The number of sulfonamides is 1. The highest BCUT2D eigenvalue weighted by molar-refractivity contribution is 7.93. The summed E-state index contributed by atoms with van der Waals surface area (Å²) in [5, 5.41) is 1.78. The van der Waals surface area contributed by atoms with Crippen molar-refractivity contribution in [3.05, 3.63) is 72.3 Å². The average Bonchev–Trinajstić information content (AvgIpc) is 3.02. The number of para-hydroxylation sites is 1. The van der Waals surface area contributed by atoms with Crippen LogP contribution in [0, 0.1) is 0 Å². The Bertz CT molecular complexity index is 1090. The van der Waals surface area contributed by atoms with E-state index in [1.807, 2.05) is 36.4 Å². The Balaban J connectivity index is 1.88. The number of benzene rings is 3. The van der Waals surface area contributed by atoms with Crippen LogP contribution in [0.25, 0.3) is 10.8 Å². The molecule has 1 heterocycles. The monoisotopic (exact) mass is 352 g/mol. The Morgan fingerprint density at radius 2 is 1.64 bits per heavy atom. The van der Waals surface area contributed by atoms with E-state index in [4.69, 9.17) is 5.73 Å². The summed E-state index contributed by atoms with van der Waals surface area (Å²) in [4.78, 5) is 12.0. The van der Waals surface area contributed by atoms with Gasteiger partial charge in [0, 0.05) is 6.42 Å². The molecule has 0 aromatic heterocycles. The minimum Gasteiger partial charge on any atom is -0.368 e. The van der Waals surface area contributed by atoms with Crippen molar-refractivity contribution in [1.82, 2.24) is 0 Å². The van der Waals surface area contributed by atoms with E-state index in [9.17, 15) is 13.2 Å². The SMILES string of the molecule is NC(=O)[C@@H]1Cc2ccccc2N1S(=O)(=O)c1ccc2ccccc2c1. The molecule has 1 aliphatic rings. The molecule has 1 aliphatic heterocycles. The van der Waals surface area contributed by atoms with Gasteiger partial charge in [-0.25, -0.2) is 8.42 Å². The van der Waals surface area contributed by atoms with Crippen LogP contribution in [0.15, 0.2) is 71.6 Å². The molecule has 0 spiro atoms. The van der Waals surface area contributed by atoms with Crippen LogP contribution in [0.2, 0.25) is 0 Å². The second-order valence-electron chi connectivity index (χ2n) is 6.06. The number of fused-ring (bicyclic) bond motifs is 2. The van der Waals surface area contributed by atoms with Gasteiger partial charge in [0.15, 0.2) is 0 Å². The van der Waals surface area contributed by atoms with Gasteiger partial charge in [-0.05, 0) is 34.5 Å². The second-order valence-corrected chi connectivity index (χ2v) is 7.88. The van der Waals surface area contributed by atoms with Crippen LogP contribution in [-0.4, -0.2) is 20.4 Å². The molecule has 6 heteroatoms. The minimum absolute atomic E-state index is 0.147. The maximum Gasteiger partial charge on any atom is 0.265 e. The number of anilines is 1. The normalized spacial score (nSPS) is 16.8. The van der Waals surface area contributed by atoms with Crippen molar-refractivity contribution in [2.75, 3.05) is 4.31 Å². The third kappa shape index (κ3) is 2.46. The first-order valence-corrected chi connectivity index (χ1v) is 9.33. The van der Waals surface area contributed by atoms with Crippen LogP contribution in [0.1, 0.15) is 5.56 Å². The number of nitrogens with zero attached hydrogens (tertiary/aromatic N) is 1. The molecule has 0 bridgehead atoms. The van der Waals surface area contributed by atoms with Gasteiger partial charge in [-0.3, -0.25) is 9.10 Å². The predicted octanol–water partition coefficient (Wildman–Crippen LogP) is 2.45. The summed E-state index contributed by atoms with van der Waals surface area (Å²) in [6.07, 6.45) is 0.290. The number of primary amides is 1. The molecule has 5 nitrogen and oxygen atoms in total. The first-order valence-electron chi connectivity index (χ1n) is 7.89. The summed E-state index contributed by atoms with van der Waals surface area (Å²) < 4.78 is 27.7. The molecule has 0 saturated carbocycles. The number of nitrogens with two attached hydrogens (primary N) is 1. The zero-order valence-electron chi connectivity index (χ0n) is 13.3. The van der Waals surface area contributed by atoms with E-state index >= 15 is 0 Å². The number of carbonyl (C=O) groups is 1. The average molecular weight is 352 g/mol. The van der Waals surface area contributed by atoms with E-state index in [1.165, 1.54) is 0 Å². The molecular formula is C19H16N2O3S. The molecule has 0 radical (unpaired) electrons. The van der Waals surface area contributed by atoms with Gasteiger partial charge in [0.05, 0.1) is 10.6 Å². The summed E-state index contributed by atoms with van der Waals surface area (Å²) in [5.74, 6) is -0.652. The van der Waals surface area contributed by atoms with Crippen LogP contribution in [0.3, 0.4) is 0 Å². The molecule has 126 valence electrons. The largest absolute Gasteiger partial charge is 0.368 e. The fourth-order valence-corrected chi connectivity index (χ4v) is 5.01. The lowest BCUT2D eigenvalue weighted by molar-refractivity contribution is -0.118. The van der Waals surface area contributed by atoms with E-state index in [2.05, 4.69) is 0 Å². The molecule has 1 amide bonds. The molecule has 0 aliphatic carbocycles. The molecule has 1 atom stereocenters. The molecule has 4 rings (SSSR count). The smallest absolute Gasteiger partial charge is 0.265 e. The summed E-state index contributed by atoms with van der Waals surface area (Å²) >= 11 is 0. The number of rotatable bonds is 3. The molecule has 0 saturated heterocycles. The first kappa shape index (κ1) is 15.7. The summed E-state index contributed by atoms with van der Waals surface area (Å²) in [6.45, 7) is 0. The van der Waals surface area contributed by atoms with Crippen molar-refractivity contribution in [2.45, 2.75) is 17.4 Å². The van der Waals surface area contributed by atoms with Crippen molar-refractivity contribution in [1.29, 1.82) is 0 Å². The van der Waals surface area contributed by atoms with Gasteiger partial charge < -0.3 is 5.73 Å². The van der Waals surface area contributed by atoms with Gasteiger partial charge in [-0.1, -0.05) is 48.5 Å². The minimum atomic E-state index is -3.91. The maximum absolute atomic E-state index is 13.3. The Hall–Kier alpha value is -2.86. The highest BCUT2D eigenvalue weighted by atomic mass is 32.2. The number of hydrogen-bond donors (Lipinski definition) is 1. The van der Waals surface area contributed by atoms with Crippen LogP contribution in [0.4, 0.5) is 5.69 Å². The molecular weight excluding hydrogens is 336 g/mol. The molecule has 0 unspecified atom stereocenters. The lowest BCUT2D eigenvalue weighted by Crippen LogP contribution is -2.45. The molecule has 0 fully saturated rings. The molecule has 25 heavy (non-hydrogen) atoms. The summed E-state index contributed by atoms with van der Waals surface area (Å²) in [7, 11) is -3.91. The third-order valence-corrected chi connectivity index (χ3v) is 6.35. The highest BCUT2D eigenvalue weighted by Crippen LogP contribution is 2.37. The van der Waals surface area contributed by atoms with Crippen molar-refractivity contribution in [3.63, 3.8) is 0 Å². The fourth-order valence-electron chi connectivity index (χ4n) is 3.31. The predicted molar refractivity (Wildman–Crippen MR) is 96.7 cm³/mol. The van der Waals surface area contributed by atoms with Gasteiger partial charge in [0.1, 0.15) is 6.04 Å². The molecule has 2 N–H and O–H groups in total. The van der Waals surface area contributed by atoms with E-state index in [1.54, 1.807) is 30.3 Å². The van der Waals surface area contributed by atoms with Crippen molar-refractivity contribution in [2.24, 2.45) is 5.73 Å². The summed E-state index contributed by atoms with van der Waals surface area (Å²) in [6, 6.07) is 18.7. The van der Waals surface area contributed by atoms with Gasteiger partial charge in [0.2, 0.25) is 5.91 Å². The van der Waals surface area contributed by atoms with Gasteiger partial charge >= 0.3 is 0 Å². The van der Waals surface area contributed by atoms with Crippen LogP contribution in [-0.2, 0) is 21.2 Å². The van der Waals surface area contributed by atoms with Gasteiger partial charge in [-0.2, -0.15) is 0 Å². The Labute approximate surface area is 145 Å². The van der Waals surface area contributed by atoms with Crippen molar-refractivity contribution in [3.8, 4) is 0 Å². The second kappa shape index (κ2) is 5.60. The summed E-state index contributed by atoms with van der Waals surface area (Å²) in [5.41, 5.74) is 6.80. The van der Waals surface area contributed by atoms with E-state index in [0.29, 0.717) is 5.69 Å². The van der Waals surface area contributed by atoms with Crippen LogP contribution < -0.4 is 10.0 Å². The Morgan fingerprint density at radius 1 is 0.960 bits per heavy atom. The molecule has 3 aromatic carbocycles. The zero-order chi connectivity index (χ0) is 17.6. The third-order valence-electron chi connectivity index (χ3n) is 4.53. The zero-order valence-corrected chi connectivity index (χ0v) is 14.1. The number of hydrogen-bond acceptors (Lipinski definition) is 3.